The normalized spacial score (nSPS) is 10.5. The smallest absolute Gasteiger partial charge is 0.275 e. The molecule has 1 aromatic carbocycles. The molecule has 1 aromatic heterocycles. The van der Waals surface area contributed by atoms with Crippen LogP contribution < -0.4 is 5.56 Å². The van der Waals surface area contributed by atoms with Crippen LogP contribution in [0.15, 0.2) is 39.6 Å². The third-order valence-electron chi connectivity index (χ3n) is 2.21. The standard InChI is InChI=1S/C11H9BrN2O3/c12-7-1-3-8(4-2-7)14-11(17)5-10(16)9(6-15)13-14/h1-5,15-16H,6H2. The van der Waals surface area contributed by atoms with Crippen molar-refractivity contribution < 1.29 is 10.2 Å². The minimum atomic E-state index is -0.456. The summed E-state index contributed by atoms with van der Waals surface area (Å²) in [6.45, 7) is -0.428. The first-order chi connectivity index (χ1) is 8.11. The summed E-state index contributed by atoms with van der Waals surface area (Å²) >= 11 is 3.29. The topological polar surface area (TPSA) is 75.3 Å². The van der Waals surface area contributed by atoms with Gasteiger partial charge in [-0.25, -0.2) is 0 Å². The molecule has 6 heteroatoms. The van der Waals surface area contributed by atoms with E-state index < -0.39 is 12.2 Å². The third-order valence-corrected chi connectivity index (χ3v) is 2.73. The van der Waals surface area contributed by atoms with Crippen LogP contribution in [0.5, 0.6) is 5.75 Å². The molecule has 0 aliphatic heterocycles. The molecule has 0 fully saturated rings. The molecule has 0 unspecified atom stereocenters. The highest BCUT2D eigenvalue weighted by atomic mass is 79.9. The fourth-order valence-electron chi connectivity index (χ4n) is 1.36. The number of rotatable bonds is 2. The van der Waals surface area contributed by atoms with Crippen molar-refractivity contribution in [2.75, 3.05) is 0 Å². The van der Waals surface area contributed by atoms with E-state index in [0.717, 1.165) is 15.2 Å². The summed E-state index contributed by atoms with van der Waals surface area (Å²) in [7, 11) is 0. The molecule has 5 nitrogen and oxygen atoms in total. The predicted molar refractivity (Wildman–Crippen MR) is 65.1 cm³/mol. The number of aromatic nitrogens is 2. The Balaban J connectivity index is 2.59. The second-order valence-corrected chi connectivity index (χ2v) is 4.28. The van der Waals surface area contributed by atoms with E-state index in [2.05, 4.69) is 21.0 Å². The predicted octanol–water partition coefficient (Wildman–Crippen LogP) is 1.19. The summed E-state index contributed by atoms with van der Waals surface area (Å²) in [5.41, 5.74) is 0.169. The van der Waals surface area contributed by atoms with E-state index in [4.69, 9.17) is 5.11 Å². The van der Waals surface area contributed by atoms with Crippen LogP contribution in [0.25, 0.3) is 5.69 Å². The molecular weight excluding hydrogens is 288 g/mol. The van der Waals surface area contributed by atoms with Crippen molar-refractivity contribution in [1.82, 2.24) is 9.78 Å². The Morgan fingerprint density at radius 2 is 1.94 bits per heavy atom. The molecule has 17 heavy (non-hydrogen) atoms. The fraction of sp³-hybridized carbons (Fsp3) is 0.0909. The number of aliphatic hydroxyl groups is 1. The van der Waals surface area contributed by atoms with Crippen LogP contribution in [0.2, 0.25) is 0 Å². The van der Waals surface area contributed by atoms with Gasteiger partial charge < -0.3 is 10.2 Å². The lowest BCUT2D eigenvalue weighted by molar-refractivity contribution is 0.266. The van der Waals surface area contributed by atoms with Crippen LogP contribution in [0, 0.1) is 0 Å². The number of halogens is 1. The van der Waals surface area contributed by atoms with Gasteiger partial charge in [0.1, 0.15) is 11.4 Å². The Kier molecular flexibility index (Phi) is 3.26. The molecule has 2 aromatic rings. The lowest BCUT2D eigenvalue weighted by Crippen LogP contribution is -2.21. The molecule has 0 radical (unpaired) electrons. The maximum atomic E-state index is 11.6. The van der Waals surface area contributed by atoms with Crippen molar-refractivity contribution in [3.8, 4) is 11.4 Å². The van der Waals surface area contributed by atoms with Gasteiger partial charge >= 0.3 is 0 Å². The number of hydrogen-bond acceptors (Lipinski definition) is 4. The average Bonchev–Trinajstić information content (AvgIpc) is 2.31. The van der Waals surface area contributed by atoms with Gasteiger partial charge in [0.05, 0.1) is 12.3 Å². The Morgan fingerprint density at radius 1 is 1.29 bits per heavy atom. The molecule has 0 amide bonds. The summed E-state index contributed by atoms with van der Waals surface area (Å²) in [5, 5.41) is 22.2. The summed E-state index contributed by atoms with van der Waals surface area (Å²) in [4.78, 5) is 11.6. The molecule has 88 valence electrons. The second-order valence-electron chi connectivity index (χ2n) is 3.36. The summed E-state index contributed by atoms with van der Waals surface area (Å²) < 4.78 is 2.01. The third kappa shape index (κ3) is 2.37. The van der Waals surface area contributed by atoms with Gasteiger partial charge in [-0.05, 0) is 24.3 Å². The van der Waals surface area contributed by atoms with Crippen LogP contribution in [-0.2, 0) is 6.61 Å². The molecule has 0 aliphatic carbocycles. The van der Waals surface area contributed by atoms with Gasteiger partial charge in [0.2, 0.25) is 0 Å². The van der Waals surface area contributed by atoms with Crippen molar-refractivity contribution in [2.24, 2.45) is 0 Å². The molecular formula is C11H9BrN2O3. The van der Waals surface area contributed by atoms with E-state index in [1.165, 1.54) is 0 Å². The molecule has 0 saturated carbocycles. The Morgan fingerprint density at radius 3 is 2.53 bits per heavy atom. The molecule has 1 heterocycles. The number of benzene rings is 1. The number of aliphatic hydroxyl groups excluding tert-OH is 1. The molecule has 0 spiro atoms. The summed E-state index contributed by atoms with van der Waals surface area (Å²) in [6, 6.07) is 7.98. The van der Waals surface area contributed by atoms with Gasteiger partial charge in [-0.3, -0.25) is 4.79 Å². The SMILES string of the molecule is O=c1cc(O)c(CO)nn1-c1ccc(Br)cc1. The number of nitrogens with zero attached hydrogens (tertiary/aromatic N) is 2. The first kappa shape index (κ1) is 11.8. The van der Waals surface area contributed by atoms with Crippen molar-refractivity contribution in [3.63, 3.8) is 0 Å². The second kappa shape index (κ2) is 4.68. The van der Waals surface area contributed by atoms with Gasteiger partial charge in [-0.1, -0.05) is 15.9 Å². The highest BCUT2D eigenvalue weighted by Gasteiger charge is 2.08. The van der Waals surface area contributed by atoms with Gasteiger partial charge in [-0.2, -0.15) is 9.78 Å². The lowest BCUT2D eigenvalue weighted by Gasteiger charge is -2.07. The van der Waals surface area contributed by atoms with Crippen molar-refractivity contribution in [2.45, 2.75) is 6.61 Å². The highest BCUT2D eigenvalue weighted by molar-refractivity contribution is 9.10. The maximum absolute atomic E-state index is 11.6. The highest BCUT2D eigenvalue weighted by Crippen LogP contribution is 2.14. The average molecular weight is 297 g/mol. The Labute approximate surface area is 105 Å². The van der Waals surface area contributed by atoms with Crippen molar-refractivity contribution >= 4 is 15.9 Å². The van der Waals surface area contributed by atoms with Gasteiger partial charge in [0.15, 0.2) is 0 Å². The van der Waals surface area contributed by atoms with Crippen molar-refractivity contribution in [1.29, 1.82) is 0 Å². The molecule has 2 rings (SSSR count). The number of hydrogen-bond donors (Lipinski definition) is 2. The minimum Gasteiger partial charge on any atom is -0.506 e. The van der Waals surface area contributed by atoms with E-state index in [1.54, 1.807) is 24.3 Å². The summed E-state index contributed by atoms with van der Waals surface area (Å²) in [6.07, 6.45) is 0. The molecule has 0 aliphatic rings. The van der Waals surface area contributed by atoms with E-state index in [9.17, 15) is 9.90 Å². The zero-order chi connectivity index (χ0) is 12.4. The monoisotopic (exact) mass is 296 g/mol. The Bertz CT molecular complexity index is 593. The van der Waals surface area contributed by atoms with Crippen LogP contribution in [0.4, 0.5) is 0 Å². The first-order valence-electron chi connectivity index (χ1n) is 4.81. The van der Waals surface area contributed by atoms with Crippen LogP contribution in [0.1, 0.15) is 5.69 Å². The van der Waals surface area contributed by atoms with E-state index >= 15 is 0 Å². The lowest BCUT2D eigenvalue weighted by atomic mass is 10.3. The molecule has 0 bridgehead atoms. The Hall–Kier alpha value is -1.66. The van der Waals surface area contributed by atoms with E-state index in [1.807, 2.05) is 0 Å². The minimum absolute atomic E-state index is 0.0625. The molecule has 0 atom stereocenters. The fourth-order valence-corrected chi connectivity index (χ4v) is 1.63. The summed E-state index contributed by atoms with van der Waals surface area (Å²) in [5.74, 6) is -0.300. The van der Waals surface area contributed by atoms with Crippen molar-refractivity contribution in [3.05, 3.63) is 50.9 Å². The zero-order valence-corrected chi connectivity index (χ0v) is 10.3. The van der Waals surface area contributed by atoms with E-state index in [0.29, 0.717) is 5.69 Å². The van der Waals surface area contributed by atoms with Gasteiger partial charge in [0, 0.05) is 10.5 Å². The first-order valence-corrected chi connectivity index (χ1v) is 5.60. The molecule has 2 N–H and O–H groups in total. The van der Waals surface area contributed by atoms with Gasteiger partial charge in [-0.15, -0.1) is 0 Å². The quantitative estimate of drug-likeness (QED) is 0.873. The zero-order valence-electron chi connectivity index (χ0n) is 8.67. The van der Waals surface area contributed by atoms with E-state index in [-0.39, 0.29) is 11.4 Å². The number of aromatic hydroxyl groups is 1. The maximum Gasteiger partial charge on any atom is 0.275 e. The van der Waals surface area contributed by atoms with Crippen LogP contribution in [0.3, 0.4) is 0 Å². The van der Waals surface area contributed by atoms with Crippen LogP contribution >= 0.6 is 15.9 Å². The van der Waals surface area contributed by atoms with Gasteiger partial charge in [0.25, 0.3) is 5.56 Å². The van der Waals surface area contributed by atoms with Crippen LogP contribution in [-0.4, -0.2) is 20.0 Å². The molecule has 0 saturated heterocycles. The largest absolute Gasteiger partial charge is 0.506 e.